The number of rotatable bonds is 6. The van der Waals surface area contributed by atoms with Crippen LogP contribution in [0.2, 0.25) is 0 Å². The lowest BCUT2D eigenvalue weighted by molar-refractivity contribution is 0.294. The van der Waals surface area contributed by atoms with Gasteiger partial charge in [0.25, 0.3) is 0 Å². The van der Waals surface area contributed by atoms with Gasteiger partial charge in [-0.25, -0.2) is 8.42 Å². The summed E-state index contributed by atoms with van der Waals surface area (Å²) in [5.74, 6) is 0.142. The van der Waals surface area contributed by atoms with Crippen molar-refractivity contribution in [2.75, 3.05) is 18.8 Å². The van der Waals surface area contributed by atoms with E-state index in [1.54, 1.807) is 12.1 Å². The lowest BCUT2D eigenvalue weighted by Gasteiger charge is -2.19. The van der Waals surface area contributed by atoms with Gasteiger partial charge in [0.15, 0.2) is 9.84 Å². The van der Waals surface area contributed by atoms with Crippen LogP contribution in [0.1, 0.15) is 25.3 Å². The number of benzene rings is 1. The van der Waals surface area contributed by atoms with Crippen molar-refractivity contribution in [2.45, 2.75) is 30.7 Å². The van der Waals surface area contributed by atoms with Gasteiger partial charge in [-0.3, -0.25) is 4.90 Å². The molecule has 1 fully saturated rings. The quantitative estimate of drug-likeness (QED) is 0.796. The summed E-state index contributed by atoms with van der Waals surface area (Å²) >= 11 is 0. The van der Waals surface area contributed by atoms with Crippen LogP contribution in [0.4, 0.5) is 0 Å². The molecule has 4 nitrogen and oxygen atoms in total. The minimum Gasteiger partial charge on any atom is -0.300 e. The van der Waals surface area contributed by atoms with Crippen LogP contribution >= 0.6 is 0 Å². The predicted molar refractivity (Wildman–Crippen MR) is 73.5 cm³/mol. The van der Waals surface area contributed by atoms with E-state index in [9.17, 15) is 8.42 Å². The second-order valence-corrected chi connectivity index (χ2v) is 6.92. The molecule has 1 aliphatic carbocycles. The van der Waals surface area contributed by atoms with Gasteiger partial charge in [-0.2, -0.15) is 5.26 Å². The van der Waals surface area contributed by atoms with E-state index in [4.69, 9.17) is 5.26 Å². The van der Waals surface area contributed by atoms with E-state index in [-0.39, 0.29) is 5.75 Å². The summed E-state index contributed by atoms with van der Waals surface area (Å²) in [4.78, 5) is 2.53. The Bertz CT molecular complexity index is 568. The Morgan fingerprint density at radius 2 is 1.95 bits per heavy atom. The molecule has 0 aromatic heterocycles. The third-order valence-electron chi connectivity index (χ3n) is 3.46. The lowest BCUT2D eigenvalue weighted by atomic mass is 10.2. The topological polar surface area (TPSA) is 61.2 Å². The molecule has 5 heteroatoms. The Balaban J connectivity index is 2.02. The van der Waals surface area contributed by atoms with Crippen molar-refractivity contribution in [1.82, 2.24) is 4.90 Å². The van der Waals surface area contributed by atoms with E-state index in [1.807, 2.05) is 6.07 Å². The van der Waals surface area contributed by atoms with Gasteiger partial charge in [-0.1, -0.05) is 6.92 Å². The molecule has 0 unspecified atom stereocenters. The molecule has 0 spiro atoms. The molecule has 102 valence electrons. The zero-order valence-electron chi connectivity index (χ0n) is 11.0. The maximum absolute atomic E-state index is 12.2. The Hall–Kier alpha value is -1.38. The summed E-state index contributed by atoms with van der Waals surface area (Å²) < 4.78 is 24.4. The van der Waals surface area contributed by atoms with Gasteiger partial charge in [0.1, 0.15) is 0 Å². The van der Waals surface area contributed by atoms with Crippen molar-refractivity contribution in [3.05, 3.63) is 29.8 Å². The highest BCUT2D eigenvalue weighted by Gasteiger charge is 2.28. The fourth-order valence-corrected chi connectivity index (χ4v) is 3.39. The van der Waals surface area contributed by atoms with Crippen LogP contribution in [-0.4, -0.2) is 38.2 Å². The maximum atomic E-state index is 12.2. The molecule has 1 saturated carbocycles. The fourth-order valence-electron chi connectivity index (χ4n) is 2.13. The van der Waals surface area contributed by atoms with Crippen LogP contribution in [0.5, 0.6) is 0 Å². The van der Waals surface area contributed by atoms with Gasteiger partial charge in [0, 0.05) is 12.6 Å². The molecule has 0 amide bonds. The highest BCUT2D eigenvalue weighted by atomic mass is 32.2. The molecular weight excluding hydrogens is 260 g/mol. The Morgan fingerprint density at radius 1 is 1.32 bits per heavy atom. The predicted octanol–water partition coefficient (Wildman–Crippen LogP) is 1.82. The zero-order valence-corrected chi connectivity index (χ0v) is 11.9. The molecule has 1 aliphatic rings. The minimum atomic E-state index is -3.25. The summed E-state index contributed by atoms with van der Waals surface area (Å²) in [6, 6.07) is 8.69. The molecule has 0 bridgehead atoms. The number of nitrogens with zero attached hydrogens (tertiary/aromatic N) is 2. The van der Waals surface area contributed by atoms with E-state index in [0.717, 1.165) is 6.54 Å². The van der Waals surface area contributed by atoms with Gasteiger partial charge in [0.2, 0.25) is 0 Å². The second-order valence-electron chi connectivity index (χ2n) is 4.81. The molecule has 19 heavy (non-hydrogen) atoms. The summed E-state index contributed by atoms with van der Waals surface area (Å²) in [5, 5.41) is 8.70. The third-order valence-corrected chi connectivity index (χ3v) is 5.17. The molecule has 0 atom stereocenters. The van der Waals surface area contributed by atoms with Crippen molar-refractivity contribution in [1.29, 1.82) is 5.26 Å². The summed E-state index contributed by atoms with van der Waals surface area (Å²) in [7, 11) is -3.25. The lowest BCUT2D eigenvalue weighted by Crippen LogP contribution is -2.31. The second kappa shape index (κ2) is 5.72. The number of hydrogen-bond acceptors (Lipinski definition) is 4. The average Bonchev–Trinajstić information content (AvgIpc) is 3.24. The largest absolute Gasteiger partial charge is 0.300 e. The highest BCUT2D eigenvalue weighted by Crippen LogP contribution is 2.26. The molecule has 1 aromatic carbocycles. The van der Waals surface area contributed by atoms with Crippen molar-refractivity contribution in [2.24, 2.45) is 0 Å². The first-order valence-electron chi connectivity index (χ1n) is 6.54. The van der Waals surface area contributed by atoms with Gasteiger partial charge in [-0.15, -0.1) is 0 Å². The van der Waals surface area contributed by atoms with Crippen molar-refractivity contribution >= 4 is 9.84 Å². The molecule has 0 N–H and O–H groups in total. The van der Waals surface area contributed by atoms with Gasteiger partial charge in [-0.05, 0) is 43.7 Å². The van der Waals surface area contributed by atoms with Crippen LogP contribution in [-0.2, 0) is 9.84 Å². The van der Waals surface area contributed by atoms with E-state index < -0.39 is 9.84 Å². The first-order valence-corrected chi connectivity index (χ1v) is 8.19. The van der Waals surface area contributed by atoms with Crippen LogP contribution in [0, 0.1) is 11.3 Å². The highest BCUT2D eigenvalue weighted by molar-refractivity contribution is 7.91. The van der Waals surface area contributed by atoms with Gasteiger partial charge in [0.05, 0.1) is 22.3 Å². The molecule has 1 aromatic rings. The van der Waals surface area contributed by atoms with Crippen LogP contribution < -0.4 is 0 Å². The molecule has 0 aliphatic heterocycles. The Labute approximate surface area is 114 Å². The average molecular weight is 278 g/mol. The van der Waals surface area contributed by atoms with Crippen LogP contribution in [0.3, 0.4) is 0 Å². The Kier molecular flexibility index (Phi) is 4.23. The molecule has 2 rings (SSSR count). The maximum Gasteiger partial charge on any atom is 0.179 e. The van der Waals surface area contributed by atoms with E-state index >= 15 is 0 Å². The zero-order chi connectivity index (χ0) is 13.9. The van der Waals surface area contributed by atoms with Crippen LogP contribution in [0.25, 0.3) is 0 Å². The molecule has 0 saturated heterocycles. The number of sulfone groups is 1. The van der Waals surface area contributed by atoms with Gasteiger partial charge < -0.3 is 0 Å². The number of nitriles is 1. The smallest absolute Gasteiger partial charge is 0.179 e. The standard InChI is InChI=1S/C14H18N2O2S/c1-2-16(13-5-6-13)9-10-19(17,18)14-7-3-12(11-15)4-8-14/h3-4,7-8,13H,2,5-6,9-10H2,1H3. The van der Waals surface area contributed by atoms with Crippen molar-refractivity contribution < 1.29 is 8.42 Å². The molecule has 0 heterocycles. The number of hydrogen-bond donors (Lipinski definition) is 0. The summed E-state index contributed by atoms with van der Waals surface area (Å²) in [5.41, 5.74) is 0.479. The van der Waals surface area contributed by atoms with E-state index in [1.165, 1.54) is 25.0 Å². The first-order chi connectivity index (χ1) is 9.06. The van der Waals surface area contributed by atoms with Crippen molar-refractivity contribution in [3.8, 4) is 6.07 Å². The van der Waals surface area contributed by atoms with Gasteiger partial charge >= 0.3 is 0 Å². The summed E-state index contributed by atoms with van der Waals surface area (Å²) in [6.07, 6.45) is 2.37. The Morgan fingerprint density at radius 3 is 2.42 bits per heavy atom. The van der Waals surface area contributed by atoms with E-state index in [2.05, 4.69) is 11.8 Å². The molecular formula is C14H18N2O2S. The monoisotopic (exact) mass is 278 g/mol. The minimum absolute atomic E-state index is 0.142. The van der Waals surface area contributed by atoms with Crippen molar-refractivity contribution in [3.63, 3.8) is 0 Å². The SMILES string of the molecule is CCN(CCS(=O)(=O)c1ccc(C#N)cc1)C1CC1. The normalized spacial score (nSPS) is 15.4. The molecule has 0 radical (unpaired) electrons. The fraction of sp³-hybridized carbons (Fsp3) is 0.500. The summed E-state index contributed by atoms with van der Waals surface area (Å²) in [6.45, 7) is 3.55. The van der Waals surface area contributed by atoms with Crippen LogP contribution in [0.15, 0.2) is 29.2 Å². The first kappa shape index (κ1) is 14.0. The third kappa shape index (κ3) is 3.55. The van der Waals surface area contributed by atoms with E-state index in [0.29, 0.717) is 23.0 Å².